The molecule has 6 heteroatoms. The summed E-state index contributed by atoms with van der Waals surface area (Å²) in [7, 11) is -1.86. The smallest absolute Gasteiger partial charge is 0.404 e. The van der Waals surface area contributed by atoms with E-state index in [9.17, 15) is 4.79 Å². The van der Waals surface area contributed by atoms with Gasteiger partial charge in [0.1, 0.15) is 21.3 Å². The van der Waals surface area contributed by atoms with E-state index < -0.39 is 14.2 Å². The summed E-state index contributed by atoms with van der Waals surface area (Å²) in [5.74, 6) is 4.92. The van der Waals surface area contributed by atoms with Crippen LogP contribution in [0.2, 0.25) is 16.6 Å². The van der Waals surface area contributed by atoms with Crippen molar-refractivity contribution in [2.24, 2.45) is 0 Å². The molecular formula is C22H33NO4Si. The molecule has 0 saturated carbocycles. The fraction of sp³-hybridized carbons (Fsp3) is 0.591. The highest BCUT2D eigenvalue weighted by molar-refractivity contribution is 6.90. The Balaban J connectivity index is 2.48. The maximum absolute atomic E-state index is 10.8. The minimum absolute atomic E-state index is 0.338. The molecule has 0 atom stereocenters. The van der Waals surface area contributed by atoms with Gasteiger partial charge >= 0.3 is 6.09 Å². The van der Waals surface area contributed by atoms with Gasteiger partial charge in [0.15, 0.2) is 11.5 Å². The number of ether oxygens (including phenoxy) is 2. The molecule has 0 unspecified atom stereocenters. The van der Waals surface area contributed by atoms with E-state index in [4.69, 9.17) is 14.6 Å². The van der Waals surface area contributed by atoms with Crippen molar-refractivity contribution in [1.29, 1.82) is 0 Å². The molecule has 1 aliphatic rings. The number of fused-ring (bicyclic) bond motifs is 1. The molecule has 1 aliphatic heterocycles. The molecular weight excluding hydrogens is 370 g/mol. The SMILES string of the molecule is CC(C)[Si](C#Cc1cc2c(cc1CCNC(=O)O)OCCO2)(C(C)C)C(C)C. The Labute approximate surface area is 169 Å². The predicted octanol–water partition coefficient (Wildman–Crippen LogP) is 4.84. The number of carboxylic acid groups (broad SMARTS) is 1. The average molecular weight is 404 g/mol. The molecule has 0 fully saturated rings. The molecule has 0 radical (unpaired) electrons. The number of rotatable bonds is 6. The molecule has 0 aliphatic carbocycles. The summed E-state index contributed by atoms with van der Waals surface area (Å²) < 4.78 is 11.5. The van der Waals surface area contributed by atoms with Crippen LogP contribution in [0.25, 0.3) is 0 Å². The van der Waals surface area contributed by atoms with Gasteiger partial charge in [-0.2, -0.15) is 0 Å². The molecule has 0 bridgehead atoms. The summed E-state index contributed by atoms with van der Waals surface area (Å²) in [6.45, 7) is 15.2. The van der Waals surface area contributed by atoms with Crippen molar-refractivity contribution in [3.05, 3.63) is 23.3 Å². The first-order valence-corrected chi connectivity index (χ1v) is 12.3. The zero-order valence-electron chi connectivity index (χ0n) is 17.9. The van der Waals surface area contributed by atoms with Crippen molar-refractivity contribution in [2.75, 3.05) is 19.8 Å². The third-order valence-electron chi connectivity index (χ3n) is 5.72. The Morgan fingerprint density at radius 1 is 1.07 bits per heavy atom. The standard InChI is InChI=1S/C22H33NO4Si/c1-15(2)28(16(3)4,17(5)6)12-8-19-14-21-20(26-10-11-27-21)13-18(19)7-9-23-22(24)25/h13-17,23H,7,9-11H2,1-6H3,(H,24,25). The molecule has 1 amide bonds. The number of hydrogen-bond acceptors (Lipinski definition) is 3. The lowest BCUT2D eigenvalue weighted by Gasteiger charge is -2.38. The highest BCUT2D eigenvalue weighted by atomic mass is 28.3. The van der Waals surface area contributed by atoms with E-state index in [2.05, 4.69) is 58.3 Å². The quantitative estimate of drug-likeness (QED) is 0.527. The van der Waals surface area contributed by atoms with Gasteiger partial charge in [0, 0.05) is 12.1 Å². The first kappa shape index (κ1) is 22.2. The van der Waals surface area contributed by atoms with Gasteiger partial charge in [-0.1, -0.05) is 47.5 Å². The Bertz CT molecular complexity index is 740. The van der Waals surface area contributed by atoms with Crippen molar-refractivity contribution in [2.45, 2.75) is 64.6 Å². The van der Waals surface area contributed by atoms with Crippen LogP contribution < -0.4 is 14.8 Å². The van der Waals surface area contributed by atoms with Crippen LogP contribution in [0.1, 0.15) is 52.7 Å². The molecule has 5 nitrogen and oxygen atoms in total. The predicted molar refractivity (Wildman–Crippen MR) is 115 cm³/mol. The minimum atomic E-state index is -1.86. The monoisotopic (exact) mass is 403 g/mol. The molecule has 2 rings (SSSR count). The highest BCUT2D eigenvalue weighted by Crippen LogP contribution is 2.41. The number of carbonyl (C=O) groups is 1. The Morgan fingerprint density at radius 2 is 1.61 bits per heavy atom. The van der Waals surface area contributed by atoms with Crippen LogP contribution >= 0.6 is 0 Å². The summed E-state index contributed by atoms with van der Waals surface area (Å²) in [5, 5.41) is 11.3. The zero-order chi connectivity index (χ0) is 20.9. The summed E-state index contributed by atoms with van der Waals surface area (Å²) in [6, 6.07) is 3.91. The molecule has 154 valence electrons. The normalized spacial score (nSPS) is 13.5. The second-order valence-electron chi connectivity index (χ2n) is 8.28. The van der Waals surface area contributed by atoms with Crippen molar-refractivity contribution in [3.63, 3.8) is 0 Å². The van der Waals surface area contributed by atoms with Crippen LogP contribution in [0.15, 0.2) is 12.1 Å². The molecule has 1 aromatic rings. The van der Waals surface area contributed by atoms with E-state index in [1.807, 2.05) is 12.1 Å². The third kappa shape index (κ3) is 4.82. The molecule has 1 heterocycles. The Kier molecular flexibility index (Phi) is 7.42. The number of benzene rings is 1. The van der Waals surface area contributed by atoms with Gasteiger partial charge in [-0.05, 0) is 40.7 Å². The number of amides is 1. The Hall–Kier alpha value is -2.13. The van der Waals surface area contributed by atoms with Crippen LogP contribution in [0.3, 0.4) is 0 Å². The van der Waals surface area contributed by atoms with Crippen molar-refractivity contribution >= 4 is 14.2 Å². The van der Waals surface area contributed by atoms with E-state index in [0.29, 0.717) is 48.6 Å². The van der Waals surface area contributed by atoms with Gasteiger partial charge in [0.05, 0.1) is 0 Å². The summed E-state index contributed by atoms with van der Waals surface area (Å²) in [4.78, 5) is 10.8. The van der Waals surface area contributed by atoms with Gasteiger partial charge in [-0.3, -0.25) is 0 Å². The van der Waals surface area contributed by atoms with Gasteiger partial charge < -0.3 is 19.9 Å². The van der Waals surface area contributed by atoms with E-state index >= 15 is 0 Å². The minimum Gasteiger partial charge on any atom is -0.486 e. The van der Waals surface area contributed by atoms with Crippen molar-refractivity contribution in [3.8, 4) is 23.0 Å². The van der Waals surface area contributed by atoms with Crippen molar-refractivity contribution < 1.29 is 19.4 Å². The summed E-state index contributed by atoms with van der Waals surface area (Å²) >= 11 is 0. The lowest BCUT2D eigenvalue weighted by molar-refractivity contribution is 0.171. The van der Waals surface area contributed by atoms with Crippen molar-refractivity contribution in [1.82, 2.24) is 5.32 Å². The maximum Gasteiger partial charge on any atom is 0.404 e. The van der Waals surface area contributed by atoms with E-state index in [-0.39, 0.29) is 0 Å². The van der Waals surface area contributed by atoms with E-state index in [1.165, 1.54) is 0 Å². The number of hydrogen-bond donors (Lipinski definition) is 2. The highest BCUT2D eigenvalue weighted by Gasteiger charge is 2.41. The topological polar surface area (TPSA) is 67.8 Å². The van der Waals surface area contributed by atoms with Crippen LogP contribution in [0.4, 0.5) is 4.79 Å². The molecule has 2 N–H and O–H groups in total. The van der Waals surface area contributed by atoms with Gasteiger partial charge in [0.2, 0.25) is 0 Å². The lowest BCUT2D eigenvalue weighted by Crippen LogP contribution is -2.43. The molecule has 0 spiro atoms. The van der Waals surface area contributed by atoms with E-state index in [1.54, 1.807) is 0 Å². The second kappa shape index (κ2) is 9.38. The second-order valence-corrected chi connectivity index (χ2v) is 13.9. The first-order chi connectivity index (χ1) is 13.2. The Morgan fingerprint density at radius 3 is 2.11 bits per heavy atom. The van der Waals surface area contributed by atoms with Gasteiger partial charge in [-0.15, -0.1) is 5.54 Å². The number of nitrogens with one attached hydrogen (secondary N) is 1. The average Bonchev–Trinajstić information content (AvgIpc) is 2.61. The zero-order valence-corrected chi connectivity index (χ0v) is 18.9. The fourth-order valence-electron chi connectivity index (χ4n) is 4.37. The first-order valence-electron chi connectivity index (χ1n) is 10.1. The molecule has 28 heavy (non-hydrogen) atoms. The van der Waals surface area contributed by atoms with E-state index in [0.717, 1.165) is 16.9 Å². The van der Waals surface area contributed by atoms with Crippen LogP contribution in [-0.4, -0.2) is 39.0 Å². The van der Waals surface area contributed by atoms with Crippen LogP contribution in [-0.2, 0) is 6.42 Å². The maximum atomic E-state index is 10.8. The lowest BCUT2D eigenvalue weighted by atomic mass is 10.0. The van der Waals surface area contributed by atoms with Gasteiger partial charge in [-0.25, -0.2) is 4.79 Å². The molecule has 1 aromatic carbocycles. The summed E-state index contributed by atoms with van der Waals surface area (Å²) in [5.41, 5.74) is 7.30. The van der Waals surface area contributed by atoms with Crippen LogP contribution in [0, 0.1) is 11.5 Å². The third-order valence-corrected chi connectivity index (χ3v) is 12.0. The summed E-state index contributed by atoms with van der Waals surface area (Å²) in [6.07, 6.45) is -0.456. The van der Waals surface area contributed by atoms with Gasteiger partial charge in [0.25, 0.3) is 0 Å². The van der Waals surface area contributed by atoms with Crippen LogP contribution in [0.5, 0.6) is 11.5 Å². The fourth-order valence-corrected chi connectivity index (χ4v) is 9.58. The largest absolute Gasteiger partial charge is 0.486 e. The molecule has 0 aromatic heterocycles. The molecule has 0 saturated heterocycles.